The summed E-state index contributed by atoms with van der Waals surface area (Å²) in [6.07, 6.45) is 8.05. The third-order valence-electron chi connectivity index (χ3n) is 7.68. The summed E-state index contributed by atoms with van der Waals surface area (Å²) in [5.74, 6) is -0.589. The van der Waals surface area contributed by atoms with Gasteiger partial charge in [-0.3, -0.25) is 14.4 Å². The van der Waals surface area contributed by atoms with Crippen molar-refractivity contribution in [3.63, 3.8) is 0 Å². The molecule has 3 aliphatic rings. The Balaban J connectivity index is 1.42. The van der Waals surface area contributed by atoms with Gasteiger partial charge in [-0.1, -0.05) is 12.1 Å². The van der Waals surface area contributed by atoms with Gasteiger partial charge >= 0.3 is 0 Å². The third kappa shape index (κ3) is 5.71. The van der Waals surface area contributed by atoms with Crippen LogP contribution >= 0.6 is 0 Å². The van der Waals surface area contributed by atoms with Crippen molar-refractivity contribution >= 4 is 33.1 Å². The van der Waals surface area contributed by atoms with Crippen molar-refractivity contribution in [1.29, 1.82) is 0 Å². The van der Waals surface area contributed by atoms with Crippen molar-refractivity contribution in [3.8, 4) is 0 Å². The van der Waals surface area contributed by atoms with Crippen LogP contribution in [0.15, 0.2) is 35.5 Å². The second kappa shape index (κ2) is 9.96. The van der Waals surface area contributed by atoms with Crippen LogP contribution in [0.3, 0.4) is 0 Å². The van der Waals surface area contributed by atoms with E-state index in [1.807, 2.05) is 6.07 Å². The van der Waals surface area contributed by atoms with E-state index >= 15 is 0 Å². The molecule has 1 heterocycles. The van der Waals surface area contributed by atoms with Crippen LogP contribution in [0.1, 0.15) is 98.7 Å². The molecule has 3 fully saturated rings. The fourth-order valence-corrected chi connectivity index (χ4v) is 7.12. The monoisotopic (exact) mass is 538 g/mol. The van der Waals surface area contributed by atoms with E-state index in [1.54, 1.807) is 26.0 Å². The van der Waals surface area contributed by atoms with Gasteiger partial charge in [0.1, 0.15) is 11.5 Å². The predicted molar refractivity (Wildman–Crippen MR) is 142 cm³/mol. The van der Waals surface area contributed by atoms with Gasteiger partial charge in [0.2, 0.25) is 11.7 Å². The molecular formula is C28H34N4O5S. The summed E-state index contributed by atoms with van der Waals surface area (Å²) in [6, 6.07) is 5.31. The molecule has 0 unspecified atom stereocenters. The Morgan fingerprint density at radius 2 is 1.84 bits per heavy atom. The van der Waals surface area contributed by atoms with Crippen LogP contribution in [-0.2, 0) is 19.4 Å². The van der Waals surface area contributed by atoms with Crippen molar-refractivity contribution in [2.24, 2.45) is 11.7 Å². The van der Waals surface area contributed by atoms with Gasteiger partial charge in [0, 0.05) is 12.8 Å². The van der Waals surface area contributed by atoms with E-state index < -0.39 is 21.3 Å². The van der Waals surface area contributed by atoms with E-state index in [9.17, 15) is 22.8 Å². The van der Waals surface area contributed by atoms with Crippen LogP contribution in [0.2, 0.25) is 0 Å². The van der Waals surface area contributed by atoms with Crippen molar-refractivity contribution in [2.75, 3.05) is 5.32 Å². The van der Waals surface area contributed by atoms with Crippen LogP contribution in [0, 0.1) is 5.92 Å². The van der Waals surface area contributed by atoms with Gasteiger partial charge in [-0.2, -0.15) is 0 Å². The zero-order chi connectivity index (χ0) is 27.2. The minimum absolute atomic E-state index is 0.0790. The van der Waals surface area contributed by atoms with Gasteiger partial charge in [-0.25, -0.2) is 18.4 Å². The number of nitrogens with two attached hydrogens (primary N) is 1. The summed E-state index contributed by atoms with van der Waals surface area (Å²) < 4.78 is 26.2. The minimum atomic E-state index is -3.36. The maximum absolute atomic E-state index is 13.6. The third-order valence-corrected chi connectivity index (χ3v) is 10.0. The molecule has 1 amide bonds. The lowest BCUT2D eigenvalue weighted by Gasteiger charge is -2.22. The minimum Gasteiger partial charge on any atom is -0.319 e. The Labute approximate surface area is 222 Å². The molecule has 3 N–H and O–H groups in total. The smallest absolute Gasteiger partial charge is 0.233 e. The highest BCUT2D eigenvalue weighted by atomic mass is 32.2. The molecule has 2 atom stereocenters. The molecule has 10 heteroatoms. The quantitative estimate of drug-likeness (QED) is 0.435. The topological polar surface area (TPSA) is 149 Å². The lowest BCUT2D eigenvalue weighted by molar-refractivity contribution is -0.119. The molecule has 1 aromatic carbocycles. The summed E-state index contributed by atoms with van der Waals surface area (Å²) in [5.41, 5.74) is 6.43. The first-order valence-electron chi connectivity index (χ1n) is 13.3. The first kappa shape index (κ1) is 26.6. The number of nitrogens with zero attached hydrogens (tertiary/aromatic N) is 2. The zero-order valence-corrected chi connectivity index (χ0v) is 22.6. The predicted octanol–water partition coefficient (Wildman–Crippen LogP) is 3.69. The second-order valence-electron chi connectivity index (χ2n) is 11.6. The first-order valence-corrected chi connectivity index (χ1v) is 14.8. The van der Waals surface area contributed by atoms with Gasteiger partial charge in [-0.15, -0.1) is 0 Å². The fraction of sp³-hybridized carbons (Fsp3) is 0.536. The Morgan fingerprint density at radius 1 is 1.11 bits per heavy atom. The number of hydrogen-bond acceptors (Lipinski definition) is 8. The Hall–Kier alpha value is -2.98. The Kier molecular flexibility index (Phi) is 6.98. The van der Waals surface area contributed by atoms with Crippen LogP contribution in [0.5, 0.6) is 0 Å². The molecule has 3 saturated carbocycles. The number of hydrogen-bond donors (Lipinski definition) is 2. The molecule has 5 rings (SSSR count). The summed E-state index contributed by atoms with van der Waals surface area (Å²) in [6.45, 7) is 3.17. The van der Waals surface area contributed by atoms with Gasteiger partial charge < -0.3 is 11.1 Å². The average molecular weight is 539 g/mol. The van der Waals surface area contributed by atoms with Crippen LogP contribution in [0.4, 0.5) is 5.82 Å². The van der Waals surface area contributed by atoms with E-state index in [0.29, 0.717) is 37.0 Å². The highest BCUT2D eigenvalue weighted by molar-refractivity contribution is 7.92. The molecule has 3 aliphatic carbocycles. The molecule has 0 bridgehead atoms. The standard InChI is InChI=1S/C28H34N4O5S/c1-28(2,29)26(34)23-14-31-25(15-30-23)32-27(35)22(12-16-3-7-19(33)11-16)18-6-10-24(21(13-18)17-4-5-17)38(36,37)20-8-9-20/h6,10,13-17,20,22H,3-5,7-9,11-12,29H2,1-2H3,(H,31,32,35)/t16-,22+/m0/s1. The van der Waals surface area contributed by atoms with E-state index in [-0.39, 0.29) is 46.1 Å². The van der Waals surface area contributed by atoms with E-state index in [0.717, 1.165) is 30.4 Å². The summed E-state index contributed by atoms with van der Waals surface area (Å²) in [5, 5.41) is 2.51. The van der Waals surface area contributed by atoms with Crippen molar-refractivity contribution in [2.45, 2.75) is 92.7 Å². The largest absolute Gasteiger partial charge is 0.319 e. The molecule has 2 aromatic rings. The lowest BCUT2D eigenvalue weighted by atomic mass is 9.86. The highest BCUT2D eigenvalue weighted by Gasteiger charge is 2.41. The lowest BCUT2D eigenvalue weighted by Crippen LogP contribution is -2.41. The number of rotatable bonds is 10. The van der Waals surface area contributed by atoms with Crippen molar-refractivity contribution in [1.82, 2.24) is 9.97 Å². The second-order valence-corrected chi connectivity index (χ2v) is 13.8. The van der Waals surface area contributed by atoms with Gasteiger partial charge in [0.25, 0.3) is 0 Å². The Bertz CT molecular complexity index is 1370. The van der Waals surface area contributed by atoms with E-state index in [4.69, 9.17) is 5.73 Å². The number of carbonyl (C=O) groups is 3. The molecule has 38 heavy (non-hydrogen) atoms. The maximum atomic E-state index is 13.6. The number of carbonyl (C=O) groups excluding carboxylic acids is 3. The molecule has 0 radical (unpaired) electrons. The number of aromatic nitrogens is 2. The number of Topliss-reactive ketones (excluding diaryl/α,β-unsaturated/α-hetero) is 2. The van der Waals surface area contributed by atoms with Crippen LogP contribution in [0.25, 0.3) is 0 Å². The van der Waals surface area contributed by atoms with E-state index in [2.05, 4.69) is 15.3 Å². The summed E-state index contributed by atoms with van der Waals surface area (Å²) in [4.78, 5) is 46.6. The molecule has 9 nitrogen and oxygen atoms in total. The Morgan fingerprint density at radius 3 is 2.39 bits per heavy atom. The van der Waals surface area contributed by atoms with Gasteiger partial charge in [0.15, 0.2) is 15.7 Å². The van der Waals surface area contributed by atoms with Gasteiger partial charge in [0.05, 0.1) is 34.0 Å². The molecular weight excluding hydrogens is 504 g/mol. The van der Waals surface area contributed by atoms with Gasteiger partial charge in [-0.05, 0) is 81.4 Å². The van der Waals surface area contributed by atoms with Crippen LogP contribution in [-0.4, -0.2) is 46.6 Å². The summed E-state index contributed by atoms with van der Waals surface area (Å²) >= 11 is 0. The highest BCUT2D eigenvalue weighted by Crippen LogP contribution is 2.47. The maximum Gasteiger partial charge on any atom is 0.233 e. The van der Waals surface area contributed by atoms with Crippen LogP contribution < -0.4 is 11.1 Å². The average Bonchev–Trinajstić information content (AvgIpc) is 3.79. The number of benzene rings is 1. The molecule has 1 aromatic heterocycles. The summed E-state index contributed by atoms with van der Waals surface area (Å²) in [7, 11) is -3.36. The number of sulfone groups is 1. The van der Waals surface area contributed by atoms with Crippen molar-refractivity contribution < 1.29 is 22.8 Å². The number of nitrogens with one attached hydrogen (secondary N) is 1. The molecule has 0 saturated heterocycles. The number of amides is 1. The molecule has 0 spiro atoms. The molecule has 0 aliphatic heterocycles. The SMILES string of the molecule is CC(C)(N)C(=O)c1cnc(NC(=O)[C@H](C[C@H]2CCC(=O)C2)c2ccc(S(=O)(=O)C3CC3)c(C3CC3)c2)cn1. The van der Waals surface area contributed by atoms with Crippen molar-refractivity contribution in [3.05, 3.63) is 47.4 Å². The zero-order valence-electron chi connectivity index (χ0n) is 21.8. The fourth-order valence-electron chi connectivity index (χ4n) is 5.19. The molecule has 202 valence electrons. The number of anilines is 1. The first-order chi connectivity index (χ1) is 17.9. The number of ketones is 2. The normalized spacial score (nSPS) is 20.8. The van der Waals surface area contributed by atoms with E-state index in [1.165, 1.54) is 12.4 Å².